The van der Waals surface area contributed by atoms with E-state index < -0.39 is 0 Å². The summed E-state index contributed by atoms with van der Waals surface area (Å²) in [6.45, 7) is 0.780. The summed E-state index contributed by atoms with van der Waals surface area (Å²) in [6, 6.07) is 4.72. The molecule has 0 saturated carbocycles. The van der Waals surface area contributed by atoms with Crippen LogP contribution in [-0.4, -0.2) is 12.0 Å². The van der Waals surface area contributed by atoms with Crippen LogP contribution in [0.1, 0.15) is 15.4 Å². The number of nitrogens with one attached hydrogen (secondary N) is 1. The van der Waals surface area contributed by atoms with E-state index in [-0.39, 0.29) is 5.82 Å². The number of hydrogen-bond acceptors (Lipinski definition) is 3. The highest BCUT2D eigenvalue weighted by Crippen LogP contribution is 2.24. The number of aromatic nitrogens is 1. The first kappa shape index (κ1) is 12.5. The summed E-state index contributed by atoms with van der Waals surface area (Å²) in [5.74, 6) is -0.275. The number of rotatable bonds is 4. The van der Waals surface area contributed by atoms with Gasteiger partial charge >= 0.3 is 0 Å². The zero-order chi connectivity index (χ0) is 12.3. The van der Waals surface area contributed by atoms with Gasteiger partial charge in [-0.1, -0.05) is 17.7 Å². The molecule has 90 valence electrons. The fraction of sp³-hybridized carbons (Fsp3) is 0.250. The summed E-state index contributed by atoms with van der Waals surface area (Å²) in [7, 11) is 1.88. The van der Waals surface area contributed by atoms with Crippen LogP contribution < -0.4 is 5.32 Å². The molecule has 2 nitrogen and oxygen atoms in total. The Kier molecular flexibility index (Phi) is 4.10. The molecule has 1 heterocycles. The Hall–Kier alpha value is -0.970. The highest BCUT2D eigenvalue weighted by molar-refractivity contribution is 7.11. The molecule has 0 atom stereocenters. The zero-order valence-corrected chi connectivity index (χ0v) is 10.9. The van der Waals surface area contributed by atoms with Crippen molar-refractivity contribution < 1.29 is 4.39 Å². The maximum absolute atomic E-state index is 13.6. The fourth-order valence-electron chi connectivity index (χ4n) is 1.54. The molecule has 1 aromatic carbocycles. The molecule has 0 radical (unpaired) electrons. The van der Waals surface area contributed by atoms with Gasteiger partial charge in [0.15, 0.2) is 0 Å². The third-order valence-corrected chi connectivity index (χ3v) is 3.69. The standard InChI is InChI=1S/C12H12ClFN2S/c1-15-6-8-7-16-12(17-8)5-9-10(13)3-2-4-11(9)14/h2-4,7,15H,5-6H2,1H3. The van der Waals surface area contributed by atoms with Crippen molar-refractivity contribution in [2.24, 2.45) is 0 Å². The van der Waals surface area contributed by atoms with Crippen molar-refractivity contribution in [3.05, 3.63) is 50.7 Å². The summed E-state index contributed by atoms with van der Waals surface area (Å²) in [5.41, 5.74) is 0.513. The number of halogens is 2. The van der Waals surface area contributed by atoms with Crippen LogP contribution in [0.4, 0.5) is 4.39 Å². The van der Waals surface area contributed by atoms with Crippen LogP contribution in [0.2, 0.25) is 5.02 Å². The molecule has 1 aromatic heterocycles. The Balaban J connectivity index is 2.19. The first-order chi connectivity index (χ1) is 8.20. The topological polar surface area (TPSA) is 24.9 Å². The van der Waals surface area contributed by atoms with E-state index >= 15 is 0 Å². The largest absolute Gasteiger partial charge is 0.315 e. The van der Waals surface area contributed by atoms with Gasteiger partial charge in [-0.3, -0.25) is 0 Å². The minimum absolute atomic E-state index is 0.275. The van der Waals surface area contributed by atoms with Crippen molar-refractivity contribution >= 4 is 22.9 Å². The van der Waals surface area contributed by atoms with E-state index in [1.807, 2.05) is 13.2 Å². The monoisotopic (exact) mass is 270 g/mol. The molecular weight excluding hydrogens is 259 g/mol. The van der Waals surface area contributed by atoms with E-state index in [0.717, 1.165) is 16.4 Å². The number of thiazole rings is 1. The van der Waals surface area contributed by atoms with Gasteiger partial charge < -0.3 is 5.32 Å². The lowest BCUT2D eigenvalue weighted by Gasteiger charge is -2.02. The Bertz CT molecular complexity index is 493. The minimum atomic E-state index is -0.275. The second-order valence-corrected chi connectivity index (χ2v) is 5.23. The minimum Gasteiger partial charge on any atom is -0.315 e. The molecule has 0 unspecified atom stereocenters. The summed E-state index contributed by atoms with van der Waals surface area (Å²) in [6.07, 6.45) is 2.26. The van der Waals surface area contributed by atoms with Gasteiger partial charge in [-0.25, -0.2) is 9.37 Å². The van der Waals surface area contributed by atoms with Gasteiger partial charge in [-0.2, -0.15) is 0 Å². The summed E-state index contributed by atoms with van der Waals surface area (Å²) < 4.78 is 13.6. The summed E-state index contributed by atoms with van der Waals surface area (Å²) >= 11 is 7.54. The smallest absolute Gasteiger partial charge is 0.128 e. The van der Waals surface area contributed by atoms with Crippen LogP contribution in [-0.2, 0) is 13.0 Å². The van der Waals surface area contributed by atoms with Crippen LogP contribution in [0.5, 0.6) is 0 Å². The maximum atomic E-state index is 13.6. The second kappa shape index (κ2) is 5.58. The van der Waals surface area contributed by atoms with Gasteiger partial charge in [0.2, 0.25) is 0 Å². The van der Waals surface area contributed by atoms with E-state index in [9.17, 15) is 4.39 Å². The van der Waals surface area contributed by atoms with E-state index in [1.165, 1.54) is 6.07 Å². The lowest BCUT2D eigenvalue weighted by molar-refractivity contribution is 0.614. The highest BCUT2D eigenvalue weighted by atomic mass is 35.5. The van der Waals surface area contributed by atoms with Gasteiger partial charge in [0.25, 0.3) is 0 Å². The SMILES string of the molecule is CNCc1cnc(Cc2c(F)cccc2Cl)s1. The lowest BCUT2D eigenvalue weighted by Crippen LogP contribution is -2.02. The van der Waals surface area contributed by atoms with Gasteiger partial charge in [0.1, 0.15) is 5.82 Å². The normalized spacial score (nSPS) is 10.8. The molecule has 0 amide bonds. The number of hydrogen-bond donors (Lipinski definition) is 1. The van der Waals surface area contributed by atoms with Crippen molar-refractivity contribution in [1.82, 2.24) is 10.3 Å². The molecule has 5 heteroatoms. The third-order valence-electron chi connectivity index (χ3n) is 2.34. The van der Waals surface area contributed by atoms with Crippen molar-refractivity contribution in [3.63, 3.8) is 0 Å². The molecule has 2 rings (SSSR count). The Labute approximate surface area is 108 Å². The summed E-state index contributed by atoms with van der Waals surface area (Å²) in [4.78, 5) is 5.40. The lowest BCUT2D eigenvalue weighted by atomic mass is 10.1. The van der Waals surface area contributed by atoms with E-state index in [4.69, 9.17) is 11.6 Å². The summed E-state index contributed by atoms with van der Waals surface area (Å²) in [5, 5.41) is 4.39. The van der Waals surface area contributed by atoms with Gasteiger partial charge in [-0.15, -0.1) is 11.3 Å². The Morgan fingerprint density at radius 2 is 2.29 bits per heavy atom. The molecule has 0 spiro atoms. The average Bonchev–Trinajstić information content (AvgIpc) is 2.72. The van der Waals surface area contributed by atoms with Gasteiger partial charge in [-0.05, 0) is 19.2 Å². The van der Waals surface area contributed by atoms with Crippen LogP contribution in [0.25, 0.3) is 0 Å². The Morgan fingerprint density at radius 3 is 3.00 bits per heavy atom. The molecule has 0 fully saturated rings. The predicted octanol–water partition coefficient (Wildman–Crippen LogP) is 3.25. The molecule has 0 saturated heterocycles. The van der Waals surface area contributed by atoms with Crippen molar-refractivity contribution in [1.29, 1.82) is 0 Å². The van der Waals surface area contributed by atoms with Crippen molar-refractivity contribution in [2.45, 2.75) is 13.0 Å². The molecule has 17 heavy (non-hydrogen) atoms. The quantitative estimate of drug-likeness (QED) is 0.923. The molecule has 0 aliphatic carbocycles. The fourth-order valence-corrected chi connectivity index (χ4v) is 2.71. The van der Waals surface area contributed by atoms with E-state index in [0.29, 0.717) is 17.0 Å². The molecule has 2 aromatic rings. The van der Waals surface area contributed by atoms with Gasteiger partial charge in [0, 0.05) is 34.6 Å². The van der Waals surface area contributed by atoms with E-state index in [1.54, 1.807) is 23.5 Å². The third kappa shape index (κ3) is 3.03. The number of benzene rings is 1. The van der Waals surface area contributed by atoms with Crippen molar-refractivity contribution in [3.8, 4) is 0 Å². The number of nitrogens with zero attached hydrogens (tertiary/aromatic N) is 1. The van der Waals surface area contributed by atoms with Crippen LogP contribution in [0, 0.1) is 5.82 Å². The second-order valence-electron chi connectivity index (χ2n) is 3.63. The maximum Gasteiger partial charge on any atom is 0.128 e. The predicted molar refractivity (Wildman–Crippen MR) is 69.1 cm³/mol. The van der Waals surface area contributed by atoms with Crippen LogP contribution in [0.15, 0.2) is 24.4 Å². The van der Waals surface area contributed by atoms with Crippen molar-refractivity contribution in [2.75, 3.05) is 7.05 Å². The van der Waals surface area contributed by atoms with Crippen LogP contribution in [0.3, 0.4) is 0 Å². The molecule has 0 aliphatic heterocycles. The van der Waals surface area contributed by atoms with Gasteiger partial charge in [0.05, 0.1) is 5.01 Å². The Morgan fingerprint density at radius 1 is 1.47 bits per heavy atom. The average molecular weight is 271 g/mol. The molecule has 1 N–H and O–H groups in total. The first-order valence-electron chi connectivity index (χ1n) is 5.21. The first-order valence-corrected chi connectivity index (χ1v) is 6.41. The molecule has 0 bridgehead atoms. The molecular formula is C12H12ClFN2S. The molecule has 0 aliphatic rings. The highest BCUT2D eigenvalue weighted by Gasteiger charge is 2.10. The van der Waals surface area contributed by atoms with E-state index in [2.05, 4.69) is 10.3 Å². The van der Waals surface area contributed by atoms with Crippen LogP contribution >= 0.6 is 22.9 Å². The zero-order valence-electron chi connectivity index (χ0n) is 9.34.